The molecule has 26 heavy (non-hydrogen) atoms. The molecule has 0 radical (unpaired) electrons. The van der Waals surface area contributed by atoms with Gasteiger partial charge in [-0.3, -0.25) is 0 Å². The Balaban J connectivity index is 0.00000243. The number of rotatable bonds is 6. The molecule has 0 aliphatic carbocycles. The molecule has 0 bridgehead atoms. The molecule has 3 rings (SSSR count). The normalized spacial score (nSPS) is 13.6. The van der Waals surface area contributed by atoms with E-state index in [1.165, 1.54) is 21.7 Å². The van der Waals surface area contributed by atoms with Crippen LogP contribution in [0, 0.1) is 6.92 Å². The van der Waals surface area contributed by atoms with Crippen LogP contribution in [0.25, 0.3) is 0 Å². The zero-order valence-electron chi connectivity index (χ0n) is 15.4. The van der Waals surface area contributed by atoms with Gasteiger partial charge in [-0.1, -0.05) is 24.3 Å². The lowest BCUT2D eigenvalue weighted by Gasteiger charge is -2.18. The van der Waals surface area contributed by atoms with Crippen molar-refractivity contribution in [2.45, 2.75) is 26.9 Å². The van der Waals surface area contributed by atoms with Crippen LogP contribution in [0.4, 0.5) is 5.69 Å². The van der Waals surface area contributed by atoms with Gasteiger partial charge in [0.1, 0.15) is 0 Å². The maximum atomic E-state index is 4.75. The second-order valence-corrected chi connectivity index (χ2v) is 7.12. The zero-order valence-corrected chi connectivity index (χ0v) is 18.5. The Kier molecular flexibility index (Phi) is 8.44. The molecule has 0 spiro atoms. The van der Waals surface area contributed by atoms with Gasteiger partial charge in [-0.05, 0) is 48.6 Å². The minimum atomic E-state index is 0. The fraction of sp³-hybridized carbons (Fsp3) is 0.350. The van der Waals surface area contributed by atoms with Crippen LogP contribution in [0.5, 0.6) is 0 Å². The van der Waals surface area contributed by atoms with Gasteiger partial charge in [-0.25, -0.2) is 4.99 Å². The first-order valence-electron chi connectivity index (χ1n) is 8.80. The first-order valence-corrected chi connectivity index (χ1v) is 9.68. The Labute approximate surface area is 177 Å². The van der Waals surface area contributed by atoms with Crippen LogP contribution in [-0.2, 0) is 13.1 Å². The molecule has 0 amide bonds. The van der Waals surface area contributed by atoms with E-state index in [2.05, 4.69) is 77.2 Å². The van der Waals surface area contributed by atoms with Crippen molar-refractivity contribution in [3.05, 3.63) is 63.9 Å². The first kappa shape index (κ1) is 20.8. The molecule has 1 aromatic carbocycles. The number of thiophene rings is 1. The van der Waals surface area contributed by atoms with E-state index in [-0.39, 0.29) is 24.0 Å². The predicted molar refractivity (Wildman–Crippen MR) is 124 cm³/mol. The van der Waals surface area contributed by atoms with Crippen molar-refractivity contribution >= 4 is 47.0 Å². The lowest BCUT2D eigenvalue weighted by molar-refractivity contribution is 0.821. The predicted octanol–water partition coefficient (Wildman–Crippen LogP) is 4.31. The van der Waals surface area contributed by atoms with Crippen LogP contribution in [0.2, 0.25) is 0 Å². The lowest BCUT2D eigenvalue weighted by atomic mass is 10.2. The van der Waals surface area contributed by atoms with E-state index in [1.807, 2.05) is 0 Å². The first-order chi connectivity index (χ1) is 12.3. The summed E-state index contributed by atoms with van der Waals surface area (Å²) >= 11 is 1.78. The number of aliphatic imine (C=N–C) groups is 1. The Morgan fingerprint density at radius 3 is 2.69 bits per heavy atom. The average Bonchev–Trinajstić information content (AvgIpc) is 3.29. The number of nitrogens with one attached hydrogen (secondary N) is 2. The number of anilines is 1. The van der Waals surface area contributed by atoms with Gasteiger partial charge in [-0.2, -0.15) is 0 Å². The van der Waals surface area contributed by atoms with E-state index < -0.39 is 0 Å². The smallest absolute Gasteiger partial charge is 0.191 e. The Bertz CT molecular complexity index is 746. The summed E-state index contributed by atoms with van der Waals surface area (Å²) < 4.78 is 0. The number of nitrogens with zero attached hydrogens (tertiary/aromatic N) is 2. The highest BCUT2D eigenvalue weighted by molar-refractivity contribution is 14.0. The van der Waals surface area contributed by atoms with Gasteiger partial charge in [-0.15, -0.1) is 35.3 Å². The molecule has 0 atom stereocenters. The largest absolute Gasteiger partial charge is 0.364 e. The third-order valence-corrected chi connectivity index (χ3v) is 5.27. The number of benzene rings is 1. The van der Waals surface area contributed by atoms with Crippen molar-refractivity contribution in [3.63, 3.8) is 0 Å². The minimum Gasteiger partial charge on any atom is -0.364 e. The van der Waals surface area contributed by atoms with E-state index in [4.69, 9.17) is 4.99 Å². The topological polar surface area (TPSA) is 39.7 Å². The highest BCUT2D eigenvalue weighted by Gasteiger charge is 2.08. The van der Waals surface area contributed by atoms with Gasteiger partial charge in [0.15, 0.2) is 5.96 Å². The van der Waals surface area contributed by atoms with Crippen LogP contribution in [0.1, 0.15) is 22.9 Å². The van der Waals surface area contributed by atoms with Gasteiger partial charge >= 0.3 is 0 Å². The van der Waals surface area contributed by atoms with Crippen molar-refractivity contribution in [2.75, 3.05) is 24.5 Å². The average molecular weight is 482 g/mol. The highest BCUT2D eigenvalue weighted by atomic mass is 127. The van der Waals surface area contributed by atoms with Crippen LogP contribution >= 0.6 is 35.3 Å². The number of hydrogen-bond acceptors (Lipinski definition) is 3. The molecule has 6 heteroatoms. The standard InChI is InChI=1S/C20H26N4S.HI/c1-3-21-20(23-15-19-16(2)9-12-25-19)22-14-17-7-6-8-18(13-17)24-10-4-5-11-24;/h4-9,12-13H,3,10-11,14-15H2,1-2H3,(H2,21,22,23);1H. The molecule has 1 aromatic heterocycles. The maximum Gasteiger partial charge on any atom is 0.191 e. The Morgan fingerprint density at radius 2 is 2.00 bits per heavy atom. The molecule has 4 nitrogen and oxygen atoms in total. The monoisotopic (exact) mass is 482 g/mol. The van der Waals surface area contributed by atoms with Crippen LogP contribution in [0.15, 0.2) is 52.9 Å². The highest BCUT2D eigenvalue weighted by Crippen LogP contribution is 2.19. The van der Waals surface area contributed by atoms with Gasteiger partial charge in [0, 0.05) is 30.2 Å². The molecular weight excluding hydrogens is 455 g/mol. The minimum absolute atomic E-state index is 0. The van der Waals surface area contributed by atoms with Crippen LogP contribution in [0.3, 0.4) is 0 Å². The van der Waals surface area contributed by atoms with E-state index in [0.717, 1.165) is 32.1 Å². The number of aryl methyl sites for hydroxylation is 1. The summed E-state index contributed by atoms with van der Waals surface area (Å²) in [4.78, 5) is 8.46. The molecule has 2 heterocycles. The summed E-state index contributed by atoms with van der Waals surface area (Å²) in [6.07, 6.45) is 4.43. The molecule has 1 aliphatic rings. The van der Waals surface area contributed by atoms with Gasteiger partial charge < -0.3 is 15.5 Å². The fourth-order valence-electron chi connectivity index (χ4n) is 2.80. The molecule has 140 valence electrons. The summed E-state index contributed by atoms with van der Waals surface area (Å²) in [5.41, 5.74) is 3.83. The maximum absolute atomic E-state index is 4.75. The van der Waals surface area contributed by atoms with Crippen molar-refractivity contribution in [1.29, 1.82) is 0 Å². The quantitative estimate of drug-likeness (QED) is 0.279. The van der Waals surface area contributed by atoms with Gasteiger partial charge in [0.05, 0.1) is 13.1 Å². The van der Waals surface area contributed by atoms with E-state index in [0.29, 0.717) is 6.54 Å². The second-order valence-electron chi connectivity index (χ2n) is 6.12. The number of guanidine groups is 1. The Hall–Kier alpha value is -1.54. The molecule has 0 saturated carbocycles. The lowest BCUT2D eigenvalue weighted by Crippen LogP contribution is -2.36. The van der Waals surface area contributed by atoms with Gasteiger partial charge in [0.2, 0.25) is 0 Å². The van der Waals surface area contributed by atoms with Crippen molar-refractivity contribution < 1.29 is 0 Å². The summed E-state index contributed by atoms with van der Waals surface area (Å²) in [6, 6.07) is 10.8. The van der Waals surface area contributed by atoms with Crippen molar-refractivity contribution in [1.82, 2.24) is 10.6 Å². The van der Waals surface area contributed by atoms with Gasteiger partial charge in [0.25, 0.3) is 0 Å². The third-order valence-electron chi connectivity index (χ3n) is 4.24. The summed E-state index contributed by atoms with van der Waals surface area (Å²) in [6.45, 7) is 8.58. The molecule has 0 unspecified atom stereocenters. The fourth-order valence-corrected chi connectivity index (χ4v) is 3.65. The van der Waals surface area contributed by atoms with Crippen LogP contribution < -0.4 is 15.5 Å². The van der Waals surface area contributed by atoms with Crippen LogP contribution in [-0.4, -0.2) is 25.6 Å². The van der Waals surface area contributed by atoms with Crippen molar-refractivity contribution in [3.8, 4) is 0 Å². The summed E-state index contributed by atoms with van der Waals surface area (Å²) in [5.74, 6) is 0.864. The molecule has 1 aliphatic heterocycles. The summed E-state index contributed by atoms with van der Waals surface area (Å²) in [5, 5.41) is 8.89. The Morgan fingerprint density at radius 1 is 1.19 bits per heavy atom. The third kappa shape index (κ3) is 5.74. The molecule has 2 N–H and O–H groups in total. The number of hydrogen-bond donors (Lipinski definition) is 2. The SMILES string of the molecule is CCNC(=NCc1cccc(N2CC=CC2)c1)NCc1sccc1C.I. The van der Waals surface area contributed by atoms with E-state index in [9.17, 15) is 0 Å². The molecule has 2 aromatic rings. The van der Waals surface area contributed by atoms with Crippen molar-refractivity contribution in [2.24, 2.45) is 4.99 Å². The van der Waals surface area contributed by atoms with E-state index in [1.54, 1.807) is 11.3 Å². The zero-order chi connectivity index (χ0) is 17.5. The molecule has 0 fully saturated rings. The van der Waals surface area contributed by atoms with E-state index >= 15 is 0 Å². The second kappa shape index (κ2) is 10.6. The summed E-state index contributed by atoms with van der Waals surface area (Å²) in [7, 11) is 0. The number of halogens is 1. The molecule has 0 saturated heterocycles. The molecular formula is C20H27IN4S.